The maximum Gasteiger partial charge on any atom is 0.251 e. The van der Waals surface area contributed by atoms with Gasteiger partial charge in [0.2, 0.25) is 0 Å². The maximum absolute atomic E-state index is 12.6. The Bertz CT molecular complexity index is 619. The number of hydrogen-bond acceptors (Lipinski definition) is 4. The number of fused-ring (bicyclic) bond motifs is 1. The molecule has 0 unspecified atom stereocenters. The molecule has 5 nitrogen and oxygen atoms in total. The zero-order valence-electron chi connectivity index (χ0n) is 15.0. The first-order chi connectivity index (χ1) is 12.2. The SMILES string of the molecule is CN(C(=O)[C@@H]1CCCO1)C1CCC2(CC1)CNCc1ccccc1O2. The van der Waals surface area contributed by atoms with Gasteiger partial charge in [0.05, 0.1) is 0 Å². The summed E-state index contributed by atoms with van der Waals surface area (Å²) in [6.07, 6.45) is 5.56. The van der Waals surface area contributed by atoms with Crippen LogP contribution in [-0.2, 0) is 16.1 Å². The first-order valence-electron chi connectivity index (χ1n) is 9.53. The molecule has 3 aliphatic rings. The number of rotatable bonds is 2. The molecule has 1 N–H and O–H groups in total. The summed E-state index contributed by atoms with van der Waals surface area (Å²) in [5.41, 5.74) is 1.09. The van der Waals surface area contributed by atoms with Crippen molar-refractivity contribution in [2.75, 3.05) is 20.2 Å². The van der Waals surface area contributed by atoms with Crippen LogP contribution in [0.15, 0.2) is 24.3 Å². The number of para-hydroxylation sites is 1. The van der Waals surface area contributed by atoms with Gasteiger partial charge >= 0.3 is 0 Å². The molecule has 1 aliphatic carbocycles. The standard InChI is InChI=1S/C20H28N2O3/c1-22(19(23)18-7-4-12-24-18)16-8-10-20(11-9-16)14-21-13-15-5-2-3-6-17(15)25-20/h2-3,5-6,16,18,21H,4,7-14H2,1H3/t16?,18-,20?/m0/s1. The highest BCUT2D eigenvalue weighted by molar-refractivity contribution is 5.81. The van der Waals surface area contributed by atoms with E-state index in [0.29, 0.717) is 6.04 Å². The number of benzene rings is 1. The first-order valence-corrected chi connectivity index (χ1v) is 9.53. The zero-order chi connectivity index (χ0) is 17.3. The van der Waals surface area contributed by atoms with Gasteiger partial charge < -0.3 is 19.7 Å². The molecule has 1 aromatic carbocycles. The smallest absolute Gasteiger partial charge is 0.251 e. The van der Waals surface area contributed by atoms with Gasteiger partial charge in [-0.3, -0.25) is 4.79 Å². The van der Waals surface area contributed by atoms with Crippen molar-refractivity contribution in [3.63, 3.8) is 0 Å². The number of carbonyl (C=O) groups excluding carboxylic acids is 1. The fourth-order valence-electron chi connectivity index (χ4n) is 4.42. The molecule has 1 saturated carbocycles. The largest absolute Gasteiger partial charge is 0.486 e. The third kappa shape index (κ3) is 3.40. The highest BCUT2D eigenvalue weighted by Crippen LogP contribution is 2.37. The van der Waals surface area contributed by atoms with E-state index in [2.05, 4.69) is 23.5 Å². The predicted octanol–water partition coefficient (Wildman–Crippen LogP) is 2.49. The van der Waals surface area contributed by atoms with Crippen molar-refractivity contribution in [1.82, 2.24) is 10.2 Å². The Hall–Kier alpha value is -1.59. The Labute approximate surface area is 149 Å². The Morgan fingerprint density at radius 2 is 2.04 bits per heavy atom. The Balaban J connectivity index is 1.40. The van der Waals surface area contributed by atoms with E-state index in [1.165, 1.54) is 5.56 Å². The molecule has 2 aliphatic heterocycles. The van der Waals surface area contributed by atoms with Gasteiger partial charge in [-0.05, 0) is 44.6 Å². The molecule has 2 heterocycles. The molecule has 0 aromatic heterocycles. The monoisotopic (exact) mass is 344 g/mol. The minimum atomic E-state index is -0.219. The molecule has 1 saturated heterocycles. The van der Waals surface area contributed by atoms with E-state index >= 15 is 0 Å². The molecule has 0 radical (unpaired) electrons. The van der Waals surface area contributed by atoms with Crippen molar-refractivity contribution in [2.24, 2.45) is 0 Å². The second-order valence-corrected chi connectivity index (χ2v) is 7.68. The molecule has 1 spiro atoms. The number of likely N-dealkylation sites (N-methyl/N-ethyl adjacent to an activating group) is 1. The average Bonchev–Trinajstić information content (AvgIpc) is 3.11. The molecule has 0 bridgehead atoms. The van der Waals surface area contributed by atoms with E-state index in [-0.39, 0.29) is 17.6 Å². The lowest BCUT2D eigenvalue weighted by atomic mass is 9.81. The molecule has 25 heavy (non-hydrogen) atoms. The summed E-state index contributed by atoms with van der Waals surface area (Å²) >= 11 is 0. The van der Waals surface area contributed by atoms with Crippen LogP contribution in [0.25, 0.3) is 0 Å². The first kappa shape index (κ1) is 16.9. The summed E-state index contributed by atoms with van der Waals surface area (Å²) in [5.74, 6) is 1.17. The van der Waals surface area contributed by atoms with E-state index < -0.39 is 0 Å². The number of hydrogen-bond donors (Lipinski definition) is 1. The number of carbonyl (C=O) groups is 1. The molecule has 1 amide bonds. The molecule has 1 atom stereocenters. The second kappa shape index (κ2) is 6.96. The highest BCUT2D eigenvalue weighted by atomic mass is 16.5. The predicted molar refractivity (Wildman–Crippen MR) is 95.5 cm³/mol. The van der Waals surface area contributed by atoms with Gasteiger partial charge in [0.15, 0.2) is 0 Å². The second-order valence-electron chi connectivity index (χ2n) is 7.68. The molecular weight excluding hydrogens is 316 g/mol. The highest BCUT2D eigenvalue weighted by Gasteiger charge is 2.41. The Kier molecular flexibility index (Phi) is 4.69. The molecule has 136 valence electrons. The van der Waals surface area contributed by atoms with Crippen molar-refractivity contribution in [3.05, 3.63) is 29.8 Å². The van der Waals surface area contributed by atoms with Crippen molar-refractivity contribution < 1.29 is 14.3 Å². The lowest BCUT2D eigenvalue weighted by Gasteiger charge is -2.42. The number of nitrogens with zero attached hydrogens (tertiary/aromatic N) is 1. The van der Waals surface area contributed by atoms with E-state index in [4.69, 9.17) is 9.47 Å². The van der Waals surface area contributed by atoms with Crippen LogP contribution in [0.1, 0.15) is 44.1 Å². The van der Waals surface area contributed by atoms with Crippen LogP contribution in [0.4, 0.5) is 0 Å². The fraction of sp³-hybridized carbons (Fsp3) is 0.650. The van der Waals surface area contributed by atoms with Gasteiger partial charge in [0.25, 0.3) is 5.91 Å². The lowest BCUT2D eigenvalue weighted by molar-refractivity contribution is -0.143. The van der Waals surface area contributed by atoms with Gasteiger partial charge in [-0.2, -0.15) is 0 Å². The van der Waals surface area contributed by atoms with Crippen LogP contribution >= 0.6 is 0 Å². The Morgan fingerprint density at radius 3 is 2.80 bits per heavy atom. The molecule has 2 fully saturated rings. The van der Waals surface area contributed by atoms with Crippen molar-refractivity contribution >= 4 is 5.91 Å². The summed E-state index contributed by atoms with van der Waals surface area (Å²) in [4.78, 5) is 14.5. The van der Waals surface area contributed by atoms with Gasteiger partial charge in [-0.1, -0.05) is 18.2 Å². The van der Waals surface area contributed by atoms with E-state index in [9.17, 15) is 4.79 Å². The van der Waals surface area contributed by atoms with Crippen LogP contribution in [-0.4, -0.2) is 48.8 Å². The minimum Gasteiger partial charge on any atom is -0.486 e. The molecule has 1 aromatic rings. The topological polar surface area (TPSA) is 50.8 Å². The van der Waals surface area contributed by atoms with Crippen molar-refractivity contribution in [2.45, 2.75) is 62.8 Å². The van der Waals surface area contributed by atoms with E-state index in [0.717, 1.165) is 64.0 Å². The maximum atomic E-state index is 12.6. The normalized spacial score (nSPS) is 31.9. The van der Waals surface area contributed by atoms with Gasteiger partial charge in [-0.25, -0.2) is 0 Å². The number of ether oxygens (including phenoxy) is 2. The van der Waals surface area contributed by atoms with Gasteiger partial charge in [0.1, 0.15) is 17.5 Å². The quantitative estimate of drug-likeness (QED) is 0.896. The van der Waals surface area contributed by atoms with Crippen LogP contribution in [0, 0.1) is 0 Å². The third-order valence-electron chi connectivity index (χ3n) is 6.03. The van der Waals surface area contributed by atoms with Crippen LogP contribution < -0.4 is 10.1 Å². The van der Waals surface area contributed by atoms with Gasteiger partial charge in [0, 0.05) is 38.3 Å². The minimum absolute atomic E-state index is 0.142. The summed E-state index contributed by atoms with van der Waals surface area (Å²) < 4.78 is 12.0. The van der Waals surface area contributed by atoms with Gasteiger partial charge in [-0.15, -0.1) is 0 Å². The average molecular weight is 344 g/mol. The van der Waals surface area contributed by atoms with Crippen LogP contribution in [0.5, 0.6) is 5.75 Å². The number of nitrogens with one attached hydrogen (secondary N) is 1. The van der Waals surface area contributed by atoms with E-state index in [1.54, 1.807) is 0 Å². The van der Waals surface area contributed by atoms with Crippen molar-refractivity contribution in [3.8, 4) is 5.75 Å². The Morgan fingerprint density at radius 1 is 1.24 bits per heavy atom. The van der Waals surface area contributed by atoms with Crippen molar-refractivity contribution in [1.29, 1.82) is 0 Å². The molecule has 4 rings (SSSR count). The number of amides is 1. The van der Waals surface area contributed by atoms with Crippen LogP contribution in [0.2, 0.25) is 0 Å². The zero-order valence-corrected chi connectivity index (χ0v) is 15.0. The summed E-state index contributed by atoms with van der Waals surface area (Å²) in [5, 5.41) is 3.55. The summed E-state index contributed by atoms with van der Waals surface area (Å²) in [6.45, 7) is 2.45. The lowest BCUT2D eigenvalue weighted by Crippen LogP contribution is -2.52. The fourth-order valence-corrected chi connectivity index (χ4v) is 4.42. The van der Waals surface area contributed by atoms with E-state index in [1.807, 2.05) is 18.0 Å². The summed E-state index contributed by atoms with van der Waals surface area (Å²) in [6, 6.07) is 8.59. The van der Waals surface area contributed by atoms with Crippen LogP contribution in [0.3, 0.4) is 0 Å². The third-order valence-corrected chi connectivity index (χ3v) is 6.03. The molecule has 5 heteroatoms. The summed E-state index contributed by atoms with van der Waals surface area (Å²) in [7, 11) is 1.94. The molecular formula is C20H28N2O3.